The van der Waals surface area contributed by atoms with Gasteiger partial charge in [0.05, 0.1) is 19.2 Å². The molecule has 0 spiro atoms. The Bertz CT molecular complexity index is 390. The summed E-state index contributed by atoms with van der Waals surface area (Å²) in [6, 6.07) is 5.78. The van der Waals surface area contributed by atoms with Gasteiger partial charge in [-0.15, -0.1) is 0 Å². The number of nitrogens with zero attached hydrogens (tertiary/aromatic N) is 3. The molecule has 1 saturated heterocycles. The molecule has 5 heteroatoms. The zero-order chi connectivity index (χ0) is 10.7. The number of hydrogen-bond acceptors (Lipinski definition) is 4. The van der Waals surface area contributed by atoms with Crippen molar-refractivity contribution >= 4 is 17.3 Å². The Labute approximate surface area is 93.0 Å². The number of morpholine rings is 1. The first-order valence-electron chi connectivity index (χ1n) is 4.67. The maximum Gasteiger partial charge on any atom is 0.161 e. The maximum atomic E-state index is 8.77. The van der Waals surface area contributed by atoms with Gasteiger partial charge in [0.1, 0.15) is 5.15 Å². The molecule has 1 unspecified atom stereocenters. The summed E-state index contributed by atoms with van der Waals surface area (Å²) in [6.07, 6.45) is 1.31. The van der Waals surface area contributed by atoms with E-state index in [4.69, 9.17) is 21.6 Å². The Hall–Kier alpha value is -1.31. The van der Waals surface area contributed by atoms with Gasteiger partial charge in [0, 0.05) is 18.4 Å². The van der Waals surface area contributed by atoms with Crippen LogP contribution in [-0.2, 0) is 4.74 Å². The third-order valence-corrected chi connectivity index (χ3v) is 2.49. The molecular formula is C10H10ClN3O. The molecule has 1 atom stereocenters. The first-order valence-corrected chi connectivity index (χ1v) is 5.05. The van der Waals surface area contributed by atoms with Gasteiger partial charge in [-0.05, 0) is 12.1 Å². The molecule has 0 aliphatic carbocycles. The van der Waals surface area contributed by atoms with E-state index in [0.29, 0.717) is 18.3 Å². The Morgan fingerprint density at radius 2 is 2.53 bits per heavy atom. The van der Waals surface area contributed by atoms with Crippen molar-refractivity contribution in [1.82, 2.24) is 4.98 Å². The van der Waals surface area contributed by atoms with Crippen molar-refractivity contribution in [2.45, 2.75) is 6.10 Å². The molecule has 1 fully saturated rings. The van der Waals surface area contributed by atoms with Gasteiger partial charge in [0.25, 0.3) is 0 Å². The molecule has 4 nitrogen and oxygen atoms in total. The van der Waals surface area contributed by atoms with Crippen LogP contribution >= 0.6 is 11.6 Å². The van der Waals surface area contributed by atoms with Gasteiger partial charge < -0.3 is 9.64 Å². The first kappa shape index (κ1) is 10.2. The van der Waals surface area contributed by atoms with Crippen LogP contribution in [0, 0.1) is 11.3 Å². The molecule has 0 radical (unpaired) electrons. The second-order valence-electron chi connectivity index (χ2n) is 3.27. The molecule has 78 valence electrons. The highest BCUT2D eigenvalue weighted by molar-refractivity contribution is 6.29. The molecule has 15 heavy (non-hydrogen) atoms. The SMILES string of the molecule is N#CC1CN(c2ccnc(Cl)c2)CCO1. The Kier molecular flexibility index (Phi) is 3.05. The molecule has 0 aromatic carbocycles. The lowest BCUT2D eigenvalue weighted by Crippen LogP contribution is -2.41. The highest BCUT2D eigenvalue weighted by atomic mass is 35.5. The molecule has 2 heterocycles. The van der Waals surface area contributed by atoms with E-state index >= 15 is 0 Å². The lowest BCUT2D eigenvalue weighted by atomic mass is 10.2. The highest BCUT2D eigenvalue weighted by Crippen LogP contribution is 2.19. The van der Waals surface area contributed by atoms with Crippen molar-refractivity contribution in [2.24, 2.45) is 0 Å². The lowest BCUT2D eigenvalue weighted by molar-refractivity contribution is 0.0764. The second kappa shape index (κ2) is 4.47. The largest absolute Gasteiger partial charge is 0.365 e. The Morgan fingerprint density at radius 3 is 3.27 bits per heavy atom. The fraction of sp³-hybridized carbons (Fsp3) is 0.400. The smallest absolute Gasteiger partial charge is 0.161 e. The molecule has 1 aliphatic rings. The van der Waals surface area contributed by atoms with E-state index in [1.165, 1.54) is 0 Å². The first-order chi connectivity index (χ1) is 7.29. The van der Waals surface area contributed by atoms with Crippen LogP contribution in [0.4, 0.5) is 5.69 Å². The van der Waals surface area contributed by atoms with Crippen LogP contribution < -0.4 is 4.90 Å². The molecule has 2 rings (SSSR count). The van der Waals surface area contributed by atoms with E-state index in [0.717, 1.165) is 12.2 Å². The Balaban J connectivity index is 2.14. The van der Waals surface area contributed by atoms with Crippen LogP contribution in [-0.4, -0.2) is 30.8 Å². The summed E-state index contributed by atoms with van der Waals surface area (Å²) < 4.78 is 5.26. The standard InChI is InChI=1S/C10H10ClN3O/c11-10-5-8(1-2-13-10)14-3-4-15-9(6-12)7-14/h1-2,5,9H,3-4,7H2. The van der Waals surface area contributed by atoms with Crippen LogP contribution in [0.1, 0.15) is 0 Å². The van der Waals surface area contributed by atoms with Gasteiger partial charge in [-0.3, -0.25) is 0 Å². The molecule has 1 aromatic rings. The summed E-state index contributed by atoms with van der Waals surface area (Å²) >= 11 is 5.80. The van der Waals surface area contributed by atoms with Crippen molar-refractivity contribution < 1.29 is 4.74 Å². The number of rotatable bonds is 1. The summed E-state index contributed by atoms with van der Waals surface area (Å²) in [5.41, 5.74) is 0.985. The van der Waals surface area contributed by atoms with Crippen molar-refractivity contribution in [3.05, 3.63) is 23.5 Å². The van der Waals surface area contributed by atoms with E-state index in [-0.39, 0.29) is 6.10 Å². The van der Waals surface area contributed by atoms with Crippen molar-refractivity contribution in [2.75, 3.05) is 24.6 Å². The minimum Gasteiger partial charge on any atom is -0.365 e. The maximum absolute atomic E-state index is 8.77. The number of ether oxygens (including phenoxy) is 1. The van der Waals surface area contributed by atoms with E-state index in [1.54, 1.807) is 12.3 Å². The number of hydrogen-bond donors (Lipinski definition) is 0. The summed E-state index contributed by atoms with van der Waals surface area (Å²) in [7, 11) is 0. The minimum absolute atomic E-state index is 0.356. The third-order valence-electron chi connectivity index (χ3n) is 2.29. The van der Waals surface area contributed by atoms with Gasteiger partial charge in [-0.1, -0.05) is 11.6 Å². The average molecular weight is 224 g/mol. The predicted molar refractivity (Wildman–Crippen MR) is 56.8 cm³/mol. The monoisotopic (exact) mass is 223 g/mol. The molecule has 1 aromatic heterocycles. The van der Waals surface area contributed by atoms with Gasteiger partial charge in [0.15, 0.2) is 6.10 Å². The van der Waals surface area contributed by atoms with Crippen LogP contribution in [0.25, 0.3) is 0 Å². The predicted octanol–water partition coefficient (Wildman–Crippen LogP) is 1.46. The molecule has 0 bridgehead atoms. The van der Waals surface area contributed by atoms with Crippen LogP contribution in [0.15, 0.2) is 18.3 Å². The van der Waals surface area contributed by atoms with E-state index in [9.17, 15) is 0 Å². The number of pyridine rings is 1. The summed E-state index contributed by atoms with van der Waals surface area (Å²) in [6.45, 7) is 1.92. The van der Waals surface area contributed by atoms with Gasteiger partial charge >= 0.3 is 0 Å². The molecule has 0 amide bonds. The summed E-state index contributed by atoms with van der Waals surface area (Å²) in [5, 5.41) is 9.24. The van der Waals surface area contributed by atoms with E-state index in [1.807, 2.05) is 6.07 Å². The van der Waals surface area contributed by atoms with Gasteiger partial charge in [0.2, 0.25) is 0 Å². The van der Waals surface area contributed by atoms with Crippen LogP contribution in [0.5, 0.6) is 0 Å². The normalized spacial score (nSPS) is 21.1. The number of nitriles is 1. The van der Waals surface area contributed by atoms with Crippen molar-refractivity contribution in [3.8, 4) is 6.07 Å². The summed E-state index contributed by atoms with van der Waals surface area (Å²) in [5.74, 6) is 0. The van der Waals surface area contributed by atoms with E-state index in [2.05, 4.69) is 16.0 Å². The quantitative estimate of drug-likeness (QED) is 0.677. The van der Waals surface area contributed by atoms with Gasteiger partial charge in [-0.25, -0.2) is 4.98 Å². The van der Waals surface area contributed by atoms with Crippen molar-refractivity contribution in [1.29, 1.82) is 5.26 Å². The number of aromatic nitrogens is 1. The third kappa shape index (κ3) is 2.38. The Morgan fingerprint density at radius 1 is 1.67 bits per heavy atom. The number of halogens is 1. The lowest BCUT2D eigenvalue weighted by Gasteiger charge is -2.31. The minimum atomic E-state index is -0.356. The second-order valence-corrected chi connectivity index (χ2v) is 3.66. The molecule has 0 N–H and O–H groups in total. The topological polar surface area (TPSA) is 49.2 Å². The highest BCUT2D eigenvalue weighted by Gasteiger charge is 2.20. The van der Waals surface area contributed by atoms with Gasteiger partial charge in [-0.2, -0.15) is 5.26 Å². The molecule has 0 saturated carbocycles. The zero-order valence-electron chi connectivity index (χ0n) is 8.06. The van der Waals surface area contributed by atoms with E-state index < -0.39 is 0 Å². The molecule has 1 aliphatic heterocycles. The van der Waals surface area contributed by atoms with Crippen molar-refractivity contribution in [3.63, 3.8) is 0 Å². The fourth-order valence-electron chi connectivity index (χ4n) is 1.55. The summed E-state index contributed by atoms with van der Waals surface area (Å²) in [4.78, 5) is 5.99. The number of anilines is 1. The zero-order valence-corrected chi connectivity index (χ0v) is 8.81. The fourth-order valence-corrected chi connectivity index (χ4v) is 1.72. The average Bonchev–Trinajstić information content (AvgIpc) is 2.29. The van der Waals surface area contributed by atoms with Crippen LogP contribution in [0.2, 0.25) is 5.15 Å². The van der Waals surface area contributed by atoms with Crippen LogP contribution in [0.3, 0.4) is 0 Å². The molecular weight excluding hydrogens is 214 g/mol.